The van der Waals surface area contributed by atoms with Crippen LogP contribution in [0, 0.1) is 0 Å². The Morgan fingerprint density at radius 2 is 1.74 bits per heavy atom. The van der Waals surface area contributed by atoms with Crippen molar-refractivity contribution in [3.8, 4) is 0 Å². The molecule has 0 fully saturated rings. The Labute approximate surface area is 201 Å². The van der Waals surface area contributed by atoms with Gasteiger partial charge in [-0.25, -0.2) is 14.4 Å². The molecule has 0 aliphatic rings. The van der Waals surface area contributed by atoms with Crippen LogP contribution in [0.4, 0.5) is 9.59 Å². The van der Waals surface area contributed by atoms with Crippen molar-refractivity contribution < 1.29 is 38.4 Å². The number of hydrogen-bond acceptors (Lipinski definition) is 7. The van der Waals surface area contributed by atoms with Gasteiger partial charge in [0.05, 0.1) is 19.8 Å². The predicted octanol–water partition coefficient (Wildman–Crippen LogP) is 3.44. The highest BCUT2D eigenvalue weighted by molar-refractivity contribution is 5.79. The van der Waals surface area contributed by atoms with E-state index in [4.69, 9.17) is 18.9 Å². The van der Waals surface area contributed by atoms with Gasteiger partial charge in [-0.05, 0) is 45.6 Å². The Balaban J connectivity index is 2.47. The fourth-order valence-corrected chi connectivity index (χ4v) is 2.86. The van der Waals surface area contributed by atoms with E-state index < -0.39 is 29.8 Å². The van der Waals surface area contributed by atoms with Crippen molar-refractivity contribution in [2.24, 2.45) is 0 Å². The van der Waals surface area contributed by atoms with Crippen LogP contribution in [-0.4, -0.2) is 79.8 Å². The third-order valence-corrected chi connectivity index (χ3v) is 4.56. The summed E-state index contributed by atoms with van der Waals surface area (Å²) in [7, 11) is 1.58. The molecular formula is C24H38N2O8. The van der Waals surface area contributed by atoms with E-state index in [-0.39, 0.29) is 13.0 Å². The van der Waals surface area contributed by atoms with Gasteiger partial charge in [-0.1, -0.05) is 30.3 Å². The van der Waals surface area contributed by atoms with Crippen LogP contribution in [0.25, 0.3) is 0 Å². The van der Waals surface area contributed by atoms with Gasteiger partial charge < -0.3 is 34.3 Å². The van der Waals surface area contributed by atoms with Crippen LogP contribution in [0.3, 0.4) is 0 Å². The highest BCUT2D eigenvalue weighted by Crippen LogP contribution is 2.12. The number of ether oxygens (including phenoxy) is 4. The first-order valence-corrected chi connectivity index (χ1v) is 11.4. The molecule has 10 nitrogen and oxygen atoms in total. The van der Waals surface area contributed by atoms with E-state index >= 15 is 0 Å². The minimum absolute atomic E-state index is 0.0519. The van der Waals surface area contributed by atoms with E-state index in [1.807, 2.05) is 18.2 Å². The van der Waals surface area contributed by atoms with Gasteiger partial charge in [0.2, 0.25) is 0 Å². The van der Waals surface area contributed by atoms with Crippen molar-refractivity contribution in [3.63, 3.8) is 0 Å². The number of methoxy groups -OCH3 is 1. The van der Waals surface area contributed by atoms with Crippen molar-refractivity contribution in [3.05, 3.63) is 35.9 Å². The van der Waals surface area contributed by atoms with Crippen LogP contribution in [0.5, 0.6) is 0 Å². The number of carboxylic acid groups (broad SMARTS) is 1. The van der Waals surface area contributed by atoms with Crippen LogP contribution < -0.4 is 5.32 Å². The Hall–Kier alpha value is -2.85. The van der Waals surface area contributed by atoms with Crippen molar-refractivity contribution >= 4 is 18.2 Å². The van der Waals surface area contributed by atoms with E-state index in [0.717, 1.165) is 5.56 Å². The summed E-state index contributed by atoms with van der Waals surface area (Å²) in [5, 5.41) is 11.8. The maximum absolute atomic E-state index is 12.5. The largest absolute Gasteiger partial charge is 0.480 e. The zero-order valence-electron chi connectivity index (χ0n) is 20.6. The van der Waals surface area contributed by atoms with Gasteiger partial charge in [-0.15, -0.1) is 0 Å². The average molecular weight is 483 g/mol. The summed E-state index contributed by atoms with van der Waals surface area (Å²) in [6.45, 7) is 7.34. The number of hydrogen-bond donors (Lipinski definition) is 2. The van der Waals surface area contributed by atoms with Crippen LogP contribution in [0.15, 0.2) is 30.3 Å². The lowest BCUT2D eigenvalue weighted by Crippen LogP contribution is -2.41. The highest BCUT2D eigenvalue weighted by Gasteiger charge is 2.23. The molecule has 0 spiro atoms. The Bertz CT molecular complexity index is 736. The first kappa shape index (κ1) is 29.2. The second-order valence-corrected chi connectivity index (χ2v) is 8.67. The van der Waals surface area contributed by atoms with Crippen LogP contribution in [0.1, 0.15) is 45.6 Å². The second kappa shape index (κ2) is 15.9. The van der Waals surface area contributed by atoms with Crippen molar-refractivity contribution in [1.29, 1.82) is 0 Å². The highest BCUT2D eigenvalue weighted by atomic mass is 16.6. The van der Waals surface area contributed by atoms with Crippen molar-refractivity contribution in [2.45, 2.75) is 58.3 Å². The Kier molecular flexibility index (Phi) is 13.6. The van der Waals surface area contributed by atoms with E-state index in [2.05, 4.69) is 5.32 Å². The molecule has 1 aromatic carbocycles. The summed E-state index contributed by atoms with van der Waals surface area (Å²) in [6.07, 6.45) is -0.0516. The Morgan fingerprint density at radius 1 is 1.03 bits per heavy atom. The molecule has 1 atom stereocenters. The van der Waals surface area contributed by atoms with Gasteiger partial charge in [0.1, 0.15) is 18.2 Å². The van der Waals surface area contributed by atoms with E-state index in [0.29, 0.717) is 45.8 Å². The molecule has 1 rings (SSSR count). The molecule has 0 aliphatic heterocycles. The average Bonchev–Trinajstić information content (AvgIpc) is 2.77. The van der Waals surface area contributed by atoms with Gasteiger partial charge in [-0.3, -0.25) is 0 Å². The van der Waals surface area contributed by atoms with Crippen molar-refractivity contribution in [2.75, 3.05) is 40.0 Å². The van der Waals surface area contributed by atoms with Gasteiger partial charge in [0, 0.05) is 20.2 Å². The number of alkyl carbamates (subject to hydrolysis) is 1. The number of amides is 2. The van der Waals surface area contributed by atoms with E-state index in [9.17, 15) is 19.5 Å². The number of rotatable bonds is 15. The van der Waals surface area contributed by atoms with Crippen LogP contribution >= 0.6 is 0 Å². The molecule has 34 heavy (non-hydrogen) atoms. The lowest BCUT2D eigenvalue weighted by molar-refractivity contribution is -0.139. The zero-order valence-corrected chi connectivity index (χ0v) is 20.6. The number of nitrogens with one attached hydrogen (secondary N) is 1. The standard InChI is InChI=1S/C24H38N2O8/c1-24(2,3)34-23(30)26(14-15-32-17-16-31-4)13-9-8-12-20(21(27)28)25-22(29)33-18-19-10-6-5-7-11-19/h5-7,10-11,20H,8-9,12-18H2,1-4H3,(H,25,29)(H,27,28). The maximum Gasteiger partial charge on any atom is 0.410 e. The summed E-state index contributed by atoms with van der Waals surface area (Å²) >= 11 is 0. The molecule has 10 heteroatoms. The monoisotopic (exact) mass is 482 g/mol. The molecule has 2 N–H and O–H groups in total. The third kappa shape index (κ3) is 13.6. The molecule has 0 aromatic heterocycles. The van der Waals surface area contributed by atoms with Crippen LogP contribution in [0.2, 0.25) is 0 Å². The summed E-state index contributed by atoms with van der Waals surface area (Å²) in [5.74, 6) is -1.15. The molecule has 0 heterocycles. The SMILES string of the molecule is COCCOCCN(CCCCC(NC(=O)OCc1ccccc1)C(=O)O)C(=O)OC(C)(C)C. The molecule has 2 amide bonds. The first-order chi connectivity index (χ1) is 16.1. The molecule has 0 saturated heterocycles. The fourth-order valence-electron chi connectivity index (χ4n) is 2.86. The smallest absolute Gasteiger partial charge is 0.410 e. The summed E-state index contributed by atoms with van der Waals surface area (Å²) in [4.78, 5) is 37.6. The van der Waals surface area contributed by atoms with Crippen molar-refractivity contribution in [1.82, 2.24) is 10.2 Å². The van der Waals surface area contributed by atoms with E-state index in [1.54, 1.807) is 40.0 Å². The van der Waals surface area contributed by atoms with Gasteiger partial charge in [0.15, 0.2) is 0 Å². The summed E-state index contributed by atoms with van der Waals surface area (Å²) < 4.78 is 20.9. The minimum atomic E-state index is -1.15. The van der Waals surface area contributed by atoms with Gasteiger partial charge >= 0.3 is 18.2 Å². The zero-order chi connectivity index (χ0) is 25.4. The van der Waals surface area contributed by atoms with Gasteiger partial charge in [-0.2, -0.15) is 0 Å². The number of aliphatic carboxylic acids is 1. The number of carbonyl (C=O) groups excluding carboxylic acids is 2. The first-order valence-electron chi connectivity index (χ1n) is 11.4. The second-order valence-electron chi connectivity index (χ2n) is 8.67. The summed E-state index contributed by atoms with van der Waals surface area (Å²) in [5.41, 5.74) is 0.169. The number of carbonyl (C=O) groups is 3. The molecule has 1 aromatic rings. The number of benzene rings is 1. The lowest BCUT2D eigenvalue weighted by Gasteiger charge is -2.27. The van der Waals surface area contributed by atoms with E-state index in [1.165, 1.54) is 4.90 Å². The lowest BCUT2D eigenvalue weighted by atomic mass is 10.1. The quantitative estimate of drug-likeness (QED) is 0.365. The van der Waals surface area contributed by atoms with Crippen LogP contribution in [-0.2, 0) is 30.3 Å². The molecule has 0 bridgehead atoms. The third-order valence-electron chi connectivity index (χ3n) is 4.56. The molecule has 0 radical (unpaired) electrons. The minimum Gasteiger partial charge on any atom is -0.480 e. The normalized spacial score (nSPS) is 12.0. The van der Waals surface area contributed by atoms with Gasteiger partial charge in [0.25, 0.3) is 0 Å². The summed E-state index contributed by atoms with van der Waals surface area (Å²) in [6, 6.07) is 8.02. The number of unbranched alkanes of at least 4 members (excludes halogenated alkanes) is 1. The molecule has 0 aliphatic carbocycles. The number of nitrogens with zero attached hydrogens (tertiary/aromatic N) is 1. The predicted molar refractivity (Wildman–Crippen MR) is 126 cm³/mol. The Morgan fingerprint density at radius 3 is 2.35 bits per heavy atom. The molecular weight excluding hydrogens is 444 g/mol. The molecule has 1 unspecified atom stereocenters. The molecule has 192 valence electrons. The topological polar surface area (TPSA) is 124 Å². The molecule has 0 saturated carbocycles. The fraction of sp³-hybridized carbons (Fsp3) is 0.625. The maximum atomic E-state index is 12.5. The number of carboxylic acids is 1.